The van der Waals surface area contributed by atoms with E-state index in [0.717, 1.165) is 11.1 Å². The Kier molecular flexibility index (Phi) is 7.48. The predicted octanol–water partition coefficient (Wildman–Crippen LogP) is 6.65. The maximum atomic E-state index is 13.3. The van der Waals surface area contributed by atoms with Crippen molar-refractivity contribution in [2.75, 3.05) is 12.4 Å². The molecule has 0 fully saturated rings. The normalized spacial score (nSPS) is 10.5. The molecule has 0 bridgehead atoms. The number of hydrogen-bond donors (Lipinski definition) is 2. The van der Waals surface area contributed by atoms with Crippen molar-refractivity contribution >= 4 is 33.5 Å². The highest BCUT2D eigenvalue weighted by atomic mass is 79.9. The summed E-state index contributed by atoms with van der Waals surface area (Å²) in [7, 11) is 1.48. The van der Waals surface area contributed by atoms with Crippen LogP contribution in [0.25, 0.3) is 11.1 Å². The maximum absolute atomic E-state index is 13.3. The molecule has 0 aromatic heterocycles. The van der Waals surface area contributed by atoms with E-state index in [2.05, 4.69) is 21.2 Å². The number of benzene rings is 4. The van der Waals surface area contributed by atoms with Gasteiger partial charge in [0.15, 0.2) is 0 Å². The second-order valence-electron chi connectivity index (χ2n) is 7.64. The monoisotopic (exact) mass is 531 g/mol. The van der Waals surface area contributed by atoms with E-state index in [4.69, 9.17) is 9.47 Å². The van der Waals surface area contributed by atoms with E-state index in [9.17, 15) is 14.7 Å². The molecule has 35 heavy (non-hydrogen) atoms. The topological polar surface area (TPSA) is 84.9 Å². The van der Waals surface area contributed by atoms with Crippen molar-refractivity contribution in [1.29, 1.82) is 0 Å². The third-order valence-corrected chi connectivity index (χ3v) is 5.82. The number of halogens is 1. The Bertz CT molecular complexity index is 1360. The smallest absolute Gasteiger partial charge is 0.337 e. The second kappa shape index (κ2) is 10.9. The number of aromatic carboxylic acids is 1. The van der Waals surface area contributed by atoms with Crippen molar-refractivity contribution in [2.45, 2.75) is 6.61 Å². The molecule has 0 aliphatic heterocycles. The third kappa shape index (κ3) is 5.70. The molecule has 7 heteroatoms. The van der Waals surface area contributed by atoms with Gasteiger partial charge in [-0.25, -0.2) is 4.79 Å². The molecule has 4 aromatic rings. The zero-order valence-corrected chi connectivity index (χ0v) is 20.4. The van der Waals surface area contributed by atoms with Gasteiger partial charge >= 0.3 is 5.97 Å². The molecule has 0 aliphatic rings. The van der Waals surface area contributed by atoms with Crippen LogP contribution in [-0.4, -0.2) is 24.1 Å². The Labute approximate surface area is 211 Å². The molecule has 0 atom stereocenters. The number of nitrogens with one attached hydrogen (secondary N) is 1. The van der Waals surface area contributed by atoms with Crippen LogP contribution in [0.2, 0.25) is 0 Å². The van der Waals surface area contributed by atoms with Crippen LogP contribution >= 0.6 is 15.9 Å². The molecule has 6 nitrogen and oxygen atoms in total. The van der Waals surface area contributed by atoms with Crippen LogP contribution in [0.15, 0.2) is 95.5 Å². The van der Waals surface area contributed by atoms with Gasteiger partial charge in [0.05, 0.1) is 23.9 Å². The summed E-state index contributed by atoms with van der Waals surface area (Å²) in [5.41, 5.74) is 2.77. The molecule has 4 rings (SSSR count). The van der Waals surface area contributed by atoms with Crippen LogP contribution in [-0.2, 0) is 6.61 Å². The highest BCUT2D eigenvalue weighted by Crippen LogP contribution is 2.36. The van der Waals surface area contributed by atoms with Crippen LogP contribution in [0.1, 0.15) is 26.3 Å². The summed E-state index contributed by atoms with van der Waals surface area (Å²) in [4.78, 5) is 25.3. The first-order valence-corrected chi connectivity index (χ1v) is 11.5. The highest BCUT2D eigenvalue weighted by Gasteiger charge is 2.21. The van der Waals surface area contributed by atoms with Crippen LogP contribution in [0, 0.1) is 0 Å². The summed E-state index contributed by atoms with van der Waals surface area (Å²) in [6.45, 7) is 0.282. The molecule has 0 spiro atoms. The molecule has 0 saturated carbocycles. The molecule has 0 aliphatic carbocycles. The lowest BCUT2D eigenvalue weighted by molar-refractivity contribution is 0.0697. The molecule has 4 aromatic carbocycles. The van der Waals surface area contributed by atoms with Crippen molar-refractivity contribution in [2.24, 2.45) is 0 Å². The Morgan fingerprint density at radius 1 is 0.857 bits per heavy atom. The Morgan fingerprint density at radius 2 is 1.54 bits per heavy atom. The Hall–Kier alpha value is -4.10. The average molecular weight is 532 g/mol. The lowest BCUT2D eigenvalue weighted by Crippen LogP contribution is -2.16. The van der Waals surface area contributed by atoms with Crippen LogP contribution in [0.5, 0.6) is 11.5 Å². The number of carbonyl (C=O) groups excluding carboxylic acids is 1. The Balaban J connectivity index is 1.69. The zero-order valence-electron chi connectivity index (χ0n) is 18.8. The number of amides is 1. The summed E-state index contributed by atoms with van der Waals surface area (Å²) >= 11 is 3.40. The maximum Gasteiger partial charge on any atom is 0.337 e. The number of rotatable bonds is 8. The molecule has 0 saturated heterocycles. The van der Waals surface area contributed by atoms with Gasteiger partial charge in [-0.15, -0.1) is 0 Å². The number of carbonyl (C=O) groups is 2. The van der Waals surface area contributed by atoms with Gasteiger partial charge in [0.25, 0.3) is 5.91 Å². The van der Waals surface area contributed by atoms with Gasteiger partial charge in [-0.3, -0.25) is 4.79 Å². The molecule has 2 N–H and O–H groups in total. The van der Waals surface area contributed by atoms with E-state index >= 15 is 0 Å². The molecule has 1 amide bonds. The van der Waals surface area contributed by atoms with Gasteiger partial charge in [0, 0.05) is 10.0 Å². The SMILES string of the molecule is COc1cc(C(=O)O)c(NC(=O)c2cc(Br)ccc2OCc2ccccc2)cc1-c1ccccc1. The lowest BCUT2D eigenvalue weighted by atomic mass is 10.0. The van der Waals surface area contributed by atoms with E-state index < -0.39 is 11.9 Å². The fourth-order valence-corrected chi connectivity index (χ4v) is 3.96. The summed E-state index contributed by atoms with van der Waals surface area (Å²) < 4.78 is 12.1. The molecular formula is C28H22BrNO5. The van der Waals surface area contributed by atoms with Crippen molar-refractivity contribution in [3.05, 3.63) is 112 Å². The Morgan fingerprint density at radius 3 is 2.20 bits per heavy atom. The van der Waals surface area contributed by atoms with Crippen LogP contribution in [0.3, 0.4) is 0 Å². The minimum absolute atomic E-state index is 0.0865. The summed E-state index contributed by atoms with van der Waals surface area (Å²) in [6, 6.07) is 27.1. The zero-order chi connectivity index (χ0) is 24.8. The van der Waals surface area contributed by atoms with E-state index in [-0.39, 0.29) is 23.4 Å². The summed E-state index contributed by atoms with van der Waals surface area (Å²) in [6.07, 6.45) is 0. The predicted molar refractivity (Wildman–Crippen MR) is 138 cm³/mol. The van der Waals surface area contributed by atoms with E-state index in [1.807, 2.05) is 60.7 Å². The van der Waals surface area contributed by atoms with Gasteiger partial charge in [0.1, 0.15) is 18.1 Å². The van der Waals surface area contributed by atoms with Gasteiger partial charge in [-0.2, -0.15) is 0 Å². The van der Waals surface area contributed by atoms with Crippen molar-refractivity contribution in [3.63, 3.8) is 0 Å². The molecule has 0 heterocycles. The van der Waals surface area contributed by atoms with Gasteiger partial charge in [-0.1, -0.05) is 76.6 Å². The number of methoxy groups -OCH3 is 1. The number of ether oxygens (including phenoxy) is 2. The minimum atomic E-state index is -1.19. The standard InChI is InChI=1S/C28H22BrNO5/c1-34-26-16-22(28(32)33)24(15-21(26)19-10-6-3-7-11-19)30-27(31)23-14-20(29)12-13-25(23)35-17-18-8-4-2-5-9-18/h2-16H,17H2,1H3,(H,30,31)(H,32,33). The number of hydrogen-bond acceptors (Lipinski definition) is 4. The first-order chi connectivity index (χ1) is 17.0. The number of carboxylic acids is 1. The number of anilines is 1. The second-order valence-corrected chi connectivity index (χ2v) is 8.55. The lowest BCUT2D eigenvalue weighted by Gasteiger charge is -2.16. The first kappa shape index (κ1) is 24.0. The van der Waals surface area contributed by atoms with E-state index in [1.54, 1.807) is 24.3 Å². The fourth-order valence-electron chi connectivity index (χ4n) is 3.60. The number of carboxylic acid groups (broad SMARTS) is 1. The third-order valence-electron chi connectivity index (χ3n) is 5.33. The largest absolute Gasteiger partial charge is 0.496 e. The highest BCUT2D eigenvalue weighted by molar-refractivity contribution is 9.10. The summed E-state index contributed by atoms with van der Waals surface area (Å²) in [5.74, 6) is -0.918. The average Bonchev–Trinajstić information content (AvgIpc) is 2.88. The minimum Gasteiger partial charge on any atom is -0.496 e. The van der Waals surface area contributed by atoms with Crippen LogP contribution < -0.4 is 14.8 Å². The quantitative estimate of drug-likeness (QED) is 0.265. The van der Waals surface area contributed by atoms with Gasteiger partial charge < -0.3 is 19.9 Å². The van der Waals surface area contributed by atoms with Crippen molar-refractivity contribution in [3.8, 4) is 22.6 Å². The van der Waals surface area contributed by atoms with Crippen molar-refractivity contribution in [1.82, 2.24) is 0 Å². The molecule has 176 valence electrons. The molecular weight excluding hydrogens is 510 g/mol. The molecule has 0 unspecified atom stereocenters. The van der Waals surface area contributed by atoms with E-state index in [0.29, 0.717) is 21.5 Å². The van der Waals surface area contributed by atoms with Crippen molar-refractivity contribution < 1.29 is 24.2 Å². The van der Waals surface area contributed by atoms with Crippen LogP contribution in [0.4, 0.5) is 5.69 Å². The van der Waals surface area contributed by atoms with Gasteiger partial charge in [-0.05, 0) is 41.5 Å². The molecule has 0 radical (unpaired) electrons. The first-order valence-electron chi connectivity index (χ1n) is 10.7. The fraction of sp³-hybridized carbons (Fsp3) is 0.0714. The van der Waals surface area contributed by atoms with E-state index in [1.165, 1.54) is 13.2 Å². The van der Waals surface area contributed by atoms with Gasteiger partial charge in [0.2, 0.25) is 0 Å². The summed E-state index contributed by atoms with van der Waals surface area (Å²) in [5, 5.41) is 12.6.